The Morgan fingerprint density at radius 1 is 1.28 bits per heavy atom. The molecule has 1 aromatic heterocycles. The van der Waals surface area contributed by atoms with Gasteiger partial charge in [-0.3, -0.25) is 4.98 Å². The van der Waals surface area contributed by atoms with E-state index in [4.69, 9.17) is 0 Å². The molecule has 0 unspecified atom stereocenters. The SMILES string of the molecule is [c]1cccc(-c2cccnc2)c1CNC1CCC1. The average molecular weight is 237 g/mol. The quantitative estimate of drug-likeness (QED) is 0.883. The van der Waals surface area contributed by atoms with Gasteiger partial charge in [0.15, 0.2) is 0 Å². The van der Waals surface area contributed by atoms with Crippen molar-refractivity contribution >= 4 is 0 Å². The van der Waals surface area contributed by atoms with Gasteiger partial charge in [-0.1, -0.05) is 30.7 Å². The normalized spacial score (nSPS) is 15.3. The predicted octanol–water partition coefficient (Wildman–Crippen LogP) is 3.19. The Bertz CT molecular complexity index is 504. The van der Waals surface area contributed by atoms with Gasteiger partial charge in [-0.25, -0.2) is 0 Å². The van der Waals surface area contributed by atoms with E-state index in [9.17, 15) is 0 Å². The van der Waals surface area contributed by atoms with Gasteiger partial charge in [-0.05, 0) is 36.1 Å². The zero-order valence-corrected chi connectivity index (χ0v) is 10.4. The molecule has 3 rings (SSSR count). The van der Waals surface area contributed by atoms with Crippen molar-refractivity contribution in [2.45, 2.75) is 31.8 Å². The molecular formula is C16H17N2. The molecule has 0 saturated heterocycles. The molecule has 1 saturated carbocycles. The van der Waals surface area contributed by atoms with Gasteiger partial charge in [0.1, 0.15) is 0 Å². The summed E-state index contributed by atoms with van der Waals surface area (Å²) in [5.74, 6) is 0. The zero-order valence-electron chi connectivity index (χ0n) is 10.4. The van der Waals surface area contributed by atoms with Gasteiger partial charge in [0.25, 0.3) is 0 Å². The molecule has 1 aliphatic carbocycles. The molecule has 18 heavy (non-hydrogen) atoms. The van der Waals surface area contributed by atoms with E-state index >= 15 is 0 Å². The lowest BCUT2D eigenvalue weighted by Gasteiger charge is -2.27. The highest BCUT2D eigenvalue weighted by Gasteiger charge is 2.16. The van der Waals surface area contributed by atoms with Crippen LogP contribution in [0.4, 0.5) is 0 Å². The Hall–Kier alpha value is -1.67. The van der Waals surface area contributed by atoms with E-state index < -0.39 is 0 Å². The van der Waals surface area contributed by atoms with Crippen molar-refractivity contribution in [3.05, 3.63) is 54.4 Å². The van der Waals surface area contributed by atoms with Crippen LogP contribution in [0.2, 0.25) is 0 Å². The van der Waals surface area contributed by atoms with Gasteiger partial charge in [-0.15, -0.1) is 0 Å². The zero-order chi connectivity index (χ0) is 12.2. The van der Waals surface area contributed by atoms with Crippen LogP contribution in [0.1, 0.15) is 24.8 Å². The molecule has 0 aliphatic heterocycles. The van der Waals surface area contributed by atoms with Crippen LogP contribution < -0.4 is 5.32 Å². The van der Waals surface area contributed by atoms with Crippen molar-refractivity contribution in [3.8, 4) is 11.1 Å². The molecule has 91 valence electrons. The molecule has 2 aromatic rings. The minimum Gasteiger partial charge on any atom is -0.310 e. The highest BCUT2D eigenvalue weighted by molar-refractivity contribution is 5.66. The molecule has 1 heterocycles. The second-order valence-corrected chi connectivity index (χ2v) is 4.81. The van der Waals surface area contributed by atoms with Gasteiger partial charge in [-0.2, -0.15) is 0 Å². The summed E-state index contributed by atoms with van der Waals surface area (Å²) in [4.78, 5) is 4.19. The van der Waals surface area contributed by atoms with Crippen LogP contribution >= 0.6 is 0 Å². The van der Waals surface area contributed by atoms with Crippen LogP contribution in [0.5, 0.6) is 0 Å². The topological polar surface area (TPSA) is 24.9 Å². The fourth-order valence-electron chi connectivity index (χ4n) is 2.27. The standard InChI is InChI=1S/C16H17N2/c1-2-9-16(13-6-4-10-17-11-13)14(5-1)12-18-15-7-3-8-15/h1-2,4,6,9-11,15,18H,3,7-8,12H2. The van der Waals surface area contributed by atoms with Crippen molar-refractivity contribution in [3.63, 3.8) is 0 Å². The Balaban J connectivity index is 1.80. The molecule has 0 spiro atoms. The molecule has 0 amide bonds. The summed E-state index contributed by atoms with van der Waals surface area (Å²) in [6.07, 6.45) is 7.72. The second-order valence-electron chi connectivity index (χ2n) is 4.81. The number of hydrogen-bond donors (Lipinski definition) is 1. The molecule has 1 N–H and O–H groups in total. The highest BCUT2D eigenvalue weighted by Crippen LogP contribution is 2.24. The third-order valence-corrected chi connectivity index (χ3v) is 3.59. The molecule has 1 aromatic carbocycles. The summed E-state index contributed by atoms with van der Waals surface area (Å²) >= 11 is 0. The maximum absolute atomic E-state index is 4.19. The molecule has 2 heteroatoms. The number of nitrogens with one attached hydrogen (secondary N) is 1. The Morgan fingerprint density at radius 3 is 2.94 bits per heavy atom. The van der Waals surface area contributed by atoms with Crippen molar-refractivity contribution in [1.29, 1.82) is 0 Å². The average Bonchev–Trinajstić information content (AvgIpc) is 2.39. The number of rotatable bonds is 4. The van der Waals surface area contributed by atoms with E-state index in [0.717, 1.165) is 6.54 Å². The first-order valence-corrected chi connectivity index (χ1v) is 6.57. The fraction of sp³-hybridized carbons (Fsp3) is 0.312. The first kappa shape index (κ1) is 11.4. The third kappa shape index (κ3) is 2.44. The van der Waals surface area contributed by atoms with E-state index in [1.165, 1.54) is 36.0 Å². The number of aromatic nitrogens is 1. The van der Waals surface area contributed by atoms with Crippen LogP contribution in [-0.4, -0.2) is 11.0 Å². The summed E-state index contributed by atoms with van der Waals surface area (Å²) in [6.45, 7) is 0.899. The van der Waals surface area contributed by atoms with Crippen molar-refractivity contribution in [2.75, 3.05) is 0 Å². The first-order valence-electron chi connectivity index (χ1n) is 6.57. The van der Waals surface area contributed by atoms with Crippen molar-refractivity contribution in [2.24, 2.45) is 0 Å². The summed E-state index contributed by atoms with van der Waals surface area (Å²) < 4.78 is 0. The van der Waals surface area contributed by atoms with E-state index in [1.807, 2.05) is 30.6 Å². The Morgan fingerprint density at radius 2 is 2.22 bits per heavy atom. The maximum atomic E-state index is 4.19. The van der Waals surface area contributed by atoms with Crippen LogP contribution in [0.15, 0.2) is 42.7 Å². The summed E-state index contributed by atoms with van der Waals surface area (Å²) in [7, 11) is 0. The monoisotopic (exact) mass is 237 g/mol. The smallest absolute Gasteiger partial charge is 0.0346 e. The molecule has 1 radical (unpaired) electrons. The highest BCUT2D eigenvalue weighted by atomic mass is 14.9. The summed E-state index contributed by atoms with van der Waals surface area (Å²) in [5, 5.41) is 3.59. The number of pyridine rings is 1. The largest absolute Gasteiger partial charge is 0.310 e. The van der Waals surface area contributed by atoms with Crippen LogP contribution in [0.3, 0.4) is 0 Å². The van der Waals surface area contributed by atoms with E-state index in [1.54, 1.807) is 0 Å². The minimum absolute atomic E-state index is 0.709. The lowest BCUT2D eigenvalue weighted by Crippen LogP contribution is -2.34. The minimum atomic E-state index is 0.709. The third-order valence-electron chi connectivity index (χ3n) is 3.59. The fourth-order valence-corrected chi connectivity index (χ4v) is 2.27. The maximum Gasteiger partial charge on any atom is 0.0346 e. The summed E-state index contributed by atoms with van der Waals surface area (Å²) in [5.41, 5.74) is 3.63. The van der Waals surface area contributed by atoms with E-state index in [2.05, 4.69) is 28.5 Å². The lowest BCUT2D eigenvalue weighted by atomic mass is 9.92. The number of hydrogen-bond acceptors (Lipinski definition) is 2. The van der Waals surface area contributed by atoms with Crippen LogP contribution in [0.25, 0.3) is 11.1 Å². The Kier molecular flexibility index (Phi) is 3.37. The van der Waals surface area contributed by atoms with Gasteiger partial charge in [0, 0.05) is 30.5 Å². The van der Waals surface area contributed by atoms with Crippen molar-refractivity contribution < 1.29 is 0 Å². The number of benzene rings is 1. The van der Waals surface area contributed by atoms with Crippen LogP contribution in [-0.2, 0) is 6.54 Å². The molecule has 1 fully saturated rings. The lowest BCUT2D eigenvalue weighted by molar-refractivity contribution is 0.338. The first-order chi connectivity index (χ1) is 8.93. The predicted molar refractivity (Wildman–Crippen MR) is 73.0 cm³/mol. The van der Waals surface area contributed by atoms with E-state index in [0.29, 0.717) is 6.04 Å². The van der Waals surface area contributed by atoms with Gasteiger partial charge in [0.05, 0.1) is 0 Å². The molecule has 0 atom stereocenters. The van der Waals surface area contributed by atoms with Gasteiger partial charge >= 0.3 is 0 Å². The van der Waals surface area contributed by atoms with Gasteiger partial charge in [0.2, 0.25) is 0 Å². The molecule has 1 aliphatic rings. The van der Waals surface area contributed by atoms with E-state index in [-0.39, 0.29) is 0 Å². The van der Waals surface area contributed by atoms with Gasteiger partial charge < -0.3 is 5.32 Å². The molecule has 0 bridgehead atoms. The molecular weight excluding hydrogens is 220 g/mol. The van der Waals surface area contributed by atoms with Crippen molar-refractivity contribution in [1.82, 2.24) is 10.3 Å². The molecule has 2 nitrogen and oxygen atoms in total. The number of nitrogens with zero attached hydrogens (tertiary/aromatic N) is 1. The second kappa shape index (κ2) is 5.32. The van der Waals surface area contributed by atoms with Crippen LogP contribution in [0, 0.1) is 6.07 Å². The Labute approximate surface area is 108 Å². The summed E-state index contributed by atoms with van der Waals surface area (Å²) in [6, 6.07) is 14.3.